The van der Waals surface area contributed by atoms with Crippen molar-refractivity contribution < 1.29 is 4.79 Å². The molecule has 1 heterocycles. The topological polar surface area (TPSA) is 42.0 Å². The Morgan fingerprint density at radius 3 is 2.63 bits per heavy atom. The van der Waals surface area contributed by atoms with Gasteiger partial charge in [0.25, 0.3) is 5.91 Å². The van der Waals surface area contributed by atoms with Crippen LogP contribution < -0.4 is 5.32 Å². The van der Waals surface area contributed by atoms with Crippen LogP contribution in [0.4, 0.5) is 0 Å². The minimum absolute atomic E-state index is 0.0866. The van der Waals surface area contributed by atoms with Gasteiger partial charge in [-0.25, -0.2) is 4.98 Å². The quantitative estimate of drug-likeness (QED) is 0.458. The van der Waals surface area contributed by atoms with E-state index in [2.05, 4.69) is 12.2 Å². The van der Waals surface area contributed by atoms with Crippen molar-refractivity contribution >= 4 is 40.0 Å². The van der Waals surface area contributed by atoms with Gasteiger partial charge in [-0.05, 0) is 36.8 Å². The Kier molecular flexibility index (Phi) is 6.70. The summed E-state index contributed by atoms with van der Waals surface area (Å²) in [6, 6.07) is 14.7. The molecule has 0 aliphatic rings. The third-order valence-corrected chi connectivity index (χ3v) is 5.03. The number of benzene rings is 2. The normalized spacial score (nSPS) is 10.9. The summed E-state index contributed by atoms with van der Waals surface area (Å²) in [6.07, 6.45) is 4.47. The Hall–Kier alpha value is -2.10. The van der Waals surface area contributed by atoms with Crippen LogP contribution in [0.2, 0.25) is 10.0 Å². The van der Waals surface area contributed by atoms with Gasteiger partial charge < -0.3 is 5.32 Å². The molecule has 3 nitrogen and oxygen atoms in total. The second-order valence-corrected chi connectivity index (χ2v) is 7.36. The lowest BCUT2D eigenvalue weighted by Crippen LogP contribution is -2.24. The minimum atomic E-state index is -0.0866. The molecule has 1 amide bonds. The van der Waals surface area contributed by atoms with Crippen molar-refractivity contribution in [3.8, 4) is 11.3 Å². The number of para-hydroxylation sites is 1. The van der Waals surface area contributed by atoms with E-state index in [1.807, 2.05) is 30.3 Å². The van der Waals surface area contributed by atoms with Crippen molar-refractivity contribution in [1.82, 2.24) is 10.3 Å². The third-order valence-electron chi connectivity index (χ3n) is 4.48. The van der Waals surface area contributed by atoms with Gasteiger partial charge in [-0.3, -0.25) is 4.79 Å². The first-order valence-electron chi connectivity index (χ1n) is 9.23. The number of nitrogens with one attached hydrogen (secondary N) is 1. The minimum Gasteiger partial charge on any atom is -0.352 e. The van der Waals surface area contributed by atoms with E-state index in [0.717, 1.165) is 29.3 Å². The predicted molar refractivity (Wildman–Crippen MR) is 114 cm³/mol. The lowest BCUT2D eigenvalue weighted by Gasteiger charge is -2.11. The molecule has 0 atom stereocenters. The fourth-order valence-electron chi connectivity index (χ4n) is 3.05. The number of hydrogen-bond donors (Lipinski definition) is 1. The summed E-state index contributed by atoms with van der Waals surface area (Å²) in [7, 11) is 0. The maximum atomic E-state index is 12.8. The molecule has 0 unspecified atom stereocenters. The fraction of sp³-hybridized carbons (Fsp3) is 0.273. The van der Waals surface area contributed by atoms with Crippen LogP contribution >= 0.6 is 23.2 Å². The van der Waals surface area contributed by atoms with Crippen molar-refractivity contribution in [2.24, 2.45) is 0 Å². The van der Waals surface area contributed by atoms with Gasteiger partial charge in [0.15, 0.2) is 0 Å². The highest BCUT2D eigenvalue weighted by Crippen LogP contribution is 2.31. The molecule has 140 valence electrons. The molecular formula is C22H22Cl2N2O. The second kappa shape index (κ2) is 9.20. The van der Waals surface area contributed by atoms with Gasteiger partial charge in [0.1, 0.15) is 0 Å². The number of amides is 1. The Labute approximate surface area is 169 Å². The SMILES string of the molecule is CCCCCCNC(=O)c1cc(-c2ccc(Cl)cc2Cl)nc2ccccc12. The number of halogens is 2. The van der Waals surface area contributed by atoms with E-state index < -0.39 is 0 Å². The number of carbonyl (C=O) groups excluding carboxylic acids is 1. The summed E-state index contributed by atoms with van der Waals surface area (Å²) in [5.41, 5.74) is 2.78. The first-order valence-corrected chi connectivity index (χ1v) is 9.99. The van der Waals surface area contributed by atoms with Crippen molar-refractivity contribution in [1.29, 1.82) is 0 Å². The third kappa shape index (κ3) is 4.79. The molecule has 27 heavy (non-hydrogen) atoms. The van der Waals surface area contributed by atoms with Gasteiger partial charge in [0.2, 0.25) is 0 Å². The largest absolute Gasteiger partial charge is 0.352 e. The molecule has 2 aromatic carbocycles. The van der Waals surface area contributed by atoms with Crippen LogP contribution in [0.15, 0.2) is 48.5 Å². The molecule has 3 rings (SSSR count). The molecule has 3 aromatic rings. The summed E-state index contributed by atoms with van der Waals surface area (Å²) in [4.78, 5) is 17.5. The maximum absolute atomic E-state index is 12.8. The molecule has 0 bridgehead atoms. The van der Waals surface area contributed by atoms with E-state index in [0.29, 0.717) is 27.8 Å². The van der Waals surface area contributed by atoms with Crippen molar-refractivity contribution in [3.05, 3.63) is 64.1 Å². The van der Waals surface area contributed by atoms with E-state index in [4.69, 9.17) is 28.2 Å². The number of unbranched alkanes of at least 4 members (excludes halogenated alkanes) is 3. The van der Waals surface area contributed by atoms with Gasteiger partial charge in [-0.15, -0.1) is 0 Å². The van der Waals surface area contributed by atoms with Crippen molar-refractivity contribution in [2.75, 3.05) is 6.54 Å². The molecule has 0 saturated heterocycles. The summed E-state index contributed by atoms with van der Waals surface area (Å²) >= 11 is 12.4. The Bertz CT molecular complexity index is 956. The molecule has 0 radical (unpaired) electrons. The Morgan fingerprint density at radius 2 is 1.85 bits per heavy atom. The lowest BCUT2D eigenvalue weighted by atomic mass is 10.0. The van der Waals surface area contributed by atoms with E-state index in [9.17, 15) is 4.79 Å². The maximum Gasteiger partial charge on any atom is 0.252 e. The molecule has 5 heteroatoms. The van der Waals surface area contributed by atoms with E-state index >= 15 is 0 Å². The van der Waals surface area contributed by atoms with E-state index in [1.165, 1.54) is 12.8 Å². The highest BCUT2D eigenvalue weighted by atomic mass is 35.5. The first kappa shape index (κ1) is 19.7. The summed E-state index contributed by atoms with van der Waals surface area (Å²) in [6.45, 7) is 2.84. The first-order chi connectivity index (χ1) is 13.1. The zero-order chi connectivity index (χ0) is 19.2. The number of nitrogens with zero attached hydrogens (tertiary/aromatic N) is 1. The highest BCUT2D eigenvalue weighted by Gasteiger charge is 2.15. The summed E-state index contributed by atoms with van der Waals surface area (Å²) in [5.74, 6) is -0.0866. The Balaban J connectivity index is 1.95. The van der Waals surface area contributed by atoms with Crippen molar-refractivity contribution in [3.63, 3.8) is 0 Å². The van der Waals surface area contributed by atoms with E-state index in [-0.39, 0.29) is 5.91 Å². The van der Waals surface area contributed by atoms with Gasteiger partial charge in [-0.2, -0.15) is 0 Å². The van der Waals surface area contributed by atoms with Gasteiger partial charge in [-0.1, -0.05) is 67.6 Å². The molecule has 0 spiro atoms. The highest BCUT2D eigenvalue weighted by molar-refractivity contribution is 6.36. The Morgan fingerprint density at radius 1 is 1.04 bits per heavy atom. The standard InChI is InChI=1S/C22H22Cl2N2O/c1-2-3-4-7-12-25-22(27)18-14-21(17-11-10-15(23)13-19(17)24)26-20-9-6-5-8-16(18)20/h5-6,8-11,13-14H,2-4,7,12H2,1H3,(H,25,27). The van der Waals surface area contributed by atoms with Gasteiger partial charge in [0, 0.05) is 22.5 Å². The second-order valence-electron chi connectivity index (χ2n) is 6.51. The van der Waals surface area contributed by atoms with Gasteiger partial charge in [0.05, 0.1) is 21.8 Å². The molecule has 1 N–H and O–H groups in total. The van der Waals surface area contributed by atoms with E-state index in [1.54, 1.807) is 18.2 Å². The fourth-order valence-corrected chi connectivity index (χ4v) is 3.55. The number of aromatic nitrogens is 1. The van der Waals surface area contributed by atoms with Crippen LogP contribution in [0.5, 0.6) is 0 Å². The van der Waals surface area contributed by atoms with Crippen LogP contribution in [0.3, 0.4) is 0 Å². The zero-order valence-corrected chi connectivity index (χ0v) is 16.8. The van der Waals surface area contributed by atoms with Crippen LogP contribution in [-0.2, 0) is 0 Å². The van der Waals surface area contributed by atoms with Crippen LogP contribution in [0.25, 0.3) is 22.2 Å². The zero-order valence-electron chi connectivity index (χ0n) is 15.3. The molecule has 0 fully saturated rings. The number of pyridine rings is 1. The average Bonchev–Trinajstić information content (AvgIpc) is 2.67. The number of rotatable bonds is 7. The number of carbonyl (C=O) groups is 1. The van der Waals surface area contributed by atoms with Crippen LogP contribution in [-0.4, -0.2) is 17.4 Å². The lowest BCUT2D eigenvalue weighted by molar-refractivity contribution is 0.0954. The van der Waals surface area contributed by atoms with Crippen LogP contribution in [0, 0.1) is 0 Å². The molecular weight excluding hydrogens is 379 g/mol. The summed E-state index contributed by atoms with van der Waals surface area (Å²) < 4.78 is 0. The van der Waals surface area contributed by atoms with Crippen molar-refractivity contribution in [2.45, 2.75) is 32.6 Å². The molecule has 1 aromatic heterocycles. The van der Waals surface area contributed by atoms with Gasteiger partial charge >= 0.3 is 0 Å². The molecule has 0 aliphatic carbocycles. The number of fused-ring (bicyclic) bond motifs is 1. The molecule has 0 aliphatic heterocycles. The number of hydrogen-bond acceptors (Lipinski definition) is 2. The monoisotopic (exact) mass is 400 g/mol. The van der Waals surface area contributed by atoms with Crippen LogP contribution in [0.1, 0.15) is 43.0 Å². The summed E-state index contributed by atoms with van der Waals surface area (Å²) in [5, 5.41) is 4.94. The predicted octanol–water partition coefficient (Wildman–Crippen LogP) is 6.52. The molecule has 0 saturated carbocycles. The average molecular weight is 401 g/mol. The smallest absolute Gasteiger partial charge is 0.252 e.